The molecular formula is C7H12N2. The lowest BCUT2D eigenvalue weighted by Crippen LogP contribution is -2.01. The van der Waals surface area contributed by atoms with E-state index in [0.29, 0.717) is 5.57 Å². The molecule has 0 spiro atoms. The molecule has 0 atom stereocenters. The Morgan fingerprint density at radius 3 is 2.56 bits per heavy atom. The van der Waals surface area contributed by atoms with Gasteiger partial charge in [-0.2, -0.15) is 0 Å². The molecule has 2 N–H and O–H groups in total. The average molecular weight is 124 g/mol. The van der Waals surface area contributed by atoms with Crippen molar-refractivity contribution in [1.29, 1.82) is 5.41 Å². The molecule has 0 rings (SSSR count). The summed E-state index contributed by atoms with van der Waals surface area (Å²) in [5, 5.41) is 9.71. The lowest BCUT2D eigenvalue weighted by molar-refractivity contribution is 0.989. The van der Waals surface area contributed by atoms with Crippen molar-refractivity contribution >= 4 is 6.21 Å². The molecule has 0 saturated heterocycles. The highest BCUT2D eigenvalue weighted by Gasteiger charge is 1.82. The number of allylic oxidation sites excluding steroid dienone is 3. The lowest BCUT2D eigenvalue weighted by Gasteiger charge is -1.96. The van der Waals surface area contributed by atoms with E-state index in [4.69, 9.17) is 5.41 Å². The van der Waals surface area contributed by atoms with Crippen molar-refractivity contribution in [2.45, 2.75) is 6.92 Å². The molecule has 0 fully saturated rings. The minimum absolute atomic E-state index is 0.710. The predicted octanol–water partition coefficient (Wildman–Crippen LogP) is 1.32. The van der Waals surface area contributed by atoms with Crippen molar-refractivity contribution in [2.75, 3.05) is 7.05 Å². The molecule has 2 heteroatoms. The van der Waals surface area contributed by atoms with Crippen molar-refractivity contribution in [2.24, 2.45) is 0 Å². The smallest absolute Gasteiger partial charge is 0.0244 e. The van der Waals surface area contributed by atoms with E-state index < -0.39 is 0 Å². The van der Waals surface area contributed by atoms with E-state index in [1.165, 1.54) is 6.21 Å². The molecule has 0 aliphatic carbocycles. The molecule has 0 amide bonds. The normalized spacial score (nSPS) is 10.7. The van der Waals surface area contributed by atoms with Gasteiger partial charge in [-0.1, -0.05) is 6.58 Å². The van der Waals surface area contributed by atoms with Gasteiger partial charge in [0.15, 0.2) is 0 Å². The highest BCUT2D eigenvalue weighted by molar-refractivity contribution is 5.78. The Bertz CT molecular complexity index is 145. The Labute approximate surface area is 55.8 Å². The number of hydrogen-bond donors (Lipinski definition) is 2. The zero-order valence-corrected chi connectivity index (χ0v) is 5.86. The van der Waals surface area contributed by atoms with Crippen LogP contribution in [0.4, 0.5) is 0 Å². The van der Waals surface area contributed by atoms with Crippen LogP contribution in [0.25, 0.3) is 0 Å². The highest BCUT2D eigenvalue weighted by atomic mass is 14.8. The van der Waals surface area contributed by atoms with Gasteiger partial charge in [-0.25, -0.2) is 0 Å². The molecule has 0 aliphatic heterocycles. The van der Waals surface area contributed by atoms with Crippen molar-refractivity contribution in [3.05, 3.63) is 23.9 Å². The monoisotopic (exact) mass is 124 g/mol. The molecule has 0 aliphatic rings. The van der Waals surface area contributed by atoms with Gasteiger partial charge < -0.3 is 10.7 Å². The van der Waals surface area contributed by atoms with Gasteiger partial charge in [0.05, 0.1) is 0 Å². The number of rotatable bonds is 3. The second-order valence-electron chi connectivity index (χ2n) is 1.80. The topological polar surface area (TPSA) is 35.9 Å². The largest absolute Gasteiger partial charge is 0.392 e. The van der Waals surface area contributed by atoms with Gasteiger partial charge in [0, 0.05) is 19.0 Å². The van der Waals surface area contributed by atoms with E-state index in [1.807, 2.05) is 20.0 Å². The third kappa shape index (κ3) is 3.53. The first kappa shape index (κ1) is 7.95. The minimum atomic E-state index is 0.710. The second-order valence-corrected chi connectivity index (χ2v) is 1.80. The number of nitrogens with one attached hydrogen (secondary N) is 2. The van der Waals surface area contributed by atoms with Gasteiger partial charge in [-0.15, -0.1) is 0 Å². The second kappa shape index (κ2) is 3.89. The van der Waals surface area contributed by atoms with Crippen LogP contribution in [0.5, 0.6) is 0 Å². The van der Waals surface area contributed by atoms with Crippen LogP contribution >= 0.6 is 0 Å². The SMILES string of the molecule is C=C(C=N)/C=C(/C)NC. The minimum Gasteiger partial charge on any atom is -0.392 e. The number of hydrogen-bond acceptors (Lipinski definition) is 2. The summed E-state index contributed by atoms with van der Waals surface area (Å²) in [6.45, 7) is 5.53. The first-order chi connectivity index (χ1) is 4.20. The summed E-state index contributed by atoms with van der Waals surface area (Å²) in [4.78, 5) is 0. The van der Waals surface area contributed by atoms with E-state index in [0.717, 1.165) is 5.70 Å². The molecular weight excluding hydrogens is 112 g/mol. The van der Waals surface area contributed by atoms with Crippen LogP contribution in [0, 0.1) is 5.41 Å². The summed E-state index contributed by atoms with van der Waals surface area (Å²) in [7, 11) is 1.84. The van der Waals surface area contributed by atoms with Gasteiger partial charge in [0.2, 0.25) is 0 Å². The third-order valence-corrected chi connectivity index (χ3v) is 0.982. The maximum Gasteiger partial charge on any atom is 0.0244 e. The van der Waals surface area contributed by atoms with E-state index in [2.05, 4.69) is 11.9 Å². The zero-order chi connectivity index (χ0) is 7.28. The van der Waals surface area contributed by atoms with E-state index >= 15 is 0 Å². The highest BCUT2D eigenvalue weighted by Crippen LogP contribution is 1.91. The van der Waals surface area contributed by atoms with Crippen LogP contribution < -0.4 is 5.32 Å². The summed E-state index contributed by atoms with van der Waals surface area (Å²) in [5.74, 6) is 0. The summed E-state index contributed by atoms with van der Waals surface area (Å²) in [6.07, 6.45) is 3.04. The van der Waals surface area contributed by atoms with Crippen LogP contribution in [-0.4, -0.2) is 13.3 Å². The van der Waals surface area contributed by atoms with Crippen molar-refractivity contribution in [1.82, 2.24) is 5.32 Å². The molecule has 2 nitrogen and oxygen atoms in total. The summed E-state index contributed by atoms with van der Waals surface area (Å²) < 4.78 is 0. The quantitative estimate of drug-likeness (QED) is 0.432. The maximum atomic E-state index is 6.78. The molecule has 0 radical (unpaired) electrons. The maximum absolute atomic E-state index is 6.78. The predicted molar refractivity (Wildman–Crippen MR) is 40.7 cm³/mol. The summed E-state index contributed by atoms with van der Waals surface area (Å²) in [6, 6.07) is 0. The van der Waals surface area contributed by atoms with Crippen LogP contribution in [0.1, 0.15) is 6.92 Å². The Kier molecular flexibility index (Phi) is 3.44. The van der Waals surface area contributed by atoms with E-state index in [9.17, 15) is 0 Å². The fourth-order valence-electron chi connectivity index (χ4n) is 0.392. The molecule has 0 aromatic rings. The first-order valence-corrected chi connectivity index (χ1v) is 2.76. The van der Waals surface area contributed by atoms with Crippen LogP contribution in [-0.2, 0) is 0 Å². The molecule has 0 aromatic heterocycles. The van der Waals surface area contributed by atoms with E-state index in [-0.39, 0.29) is 0 Å². The van der Waals surface area contributed by atoms with Crippen molar-refractivity contribution in [3.8, 4) is 0 Å². The van der Waals surface area contributed by atoms with Gasteiger partial charge >= 0.3 is 0 Å². The van der Waals surface area contributed by atoms with Crippen LogP contribution in [0.3, 0.4) is 0 Å². The average Bonchev–Trinajstić information content (AvgIpc) is 1.87. The molecule has 0 heterocycles. The van der Waals surface area contributed by atoms with Crippen molar-refractivity contribution < 1.29 is 0 Å². The van der Waals surface area contributed by atoms with Gasteiger partial charge in [0.25, 0.3) is 0 Å². The molecule has 0 saturated carbocycles. The van der Waals surface area contributed by atoms with E-state index in [1.54, 1.807) is 0 Å². The Balaban J connectivity index is 3.94. The van der Waals surface area contributed by atoms with Gasteiger partial charge in [0.1, 0.15) is 0 Å². The molecule has 9 heavy (non-hydrogen) atoms. The molecule has 0 aromatic carbocycles. The fraction of sp³-hybridized carbons (Fsp3) is 0.286. The molecule has 0 unspecified atom stereocenters. The summed E-state index contributed by atoms with van der Waals surface area (Å²) >= 11 is 0. The van der Waals surface area contributed by atoms with Gasteiger partial charge in [-0.05, 0) is 18.6 Å². The van der Waals surface area contributed by atoms with Gasteiger partial charge in [-0.3, -0.25) is 0 Å². The standard InChI is InChI=1S/C7H12N2/c1-6(5-8)4-7(2)9-3/h4-5,8-9H,1H2,2-3H3/b7-4-,8-5?. The van der Waals surface area contributed by atoms with Crippen LogP contribution in [0.15, 0.2) is 23.9 Å². The fourth-order valence-corrected chi connectivity index (χ4v) is 0.392. The Hall–Kier alpha value is -1.05. The summed E-state index contributed by atoms with van der Waals surface area (Å²) in [5.41, 5.74) is 1.73. The molecule has 0 bridgehead atoms. The third-order valence-electron chi connectivity index (χ3n) is 0.982. The Morgan fingerprint density at radius 2 is 2.22 bits per heavy atom. The van der Waals surface area contributed by atoms with Crippen LogP contribution in [0.2, 0.25) is 0 Å². The zero-order valence-electron chi connectivity index (χ0n) is 5.86. The Morgan fingerprint density at radius 1 is 1.67 bits per heavy atom. The van der Waals surface area contributed by atoms with Crippen molar-refractivity contribution in [3.63, 3.8) is 0 Å². The first-order valence-electron chi connectivity index (χ1n) is 2.76. The molecule has 50 valence electrons. The lowest BCUT2D eigenvalue weighted by atomic mass is 10.3.